The molecule has 6 heteroatoms. The zero-order valence-electron chi connectivity index (χ0n) is 11.7. The van der Waals surface area contributed by atoms with E-state index in [9.17, 15) is 8.42 Å². The molecule has 0 bridgehead atoms. The van der Waals surface area contributed by atoms with Gasteiger partial charge in [0.05, 0.1) is 0 Å². The molecular formula is C11H27N3O2S. The Bertz CT molecular complexity index is 291. The molecule has 0 saturated heterocycles. The standard InChI is InChI=1S/C11H27N3O2S/c1-6-8-12-9-7-10-13(4)17(15,16)14(5)11(2)3/h11-12H,6-10H2,1-5H3. The molecule has 0 aromatic heterocycles. The minimum atomic E-state index is -3.29. The van der Waals surface area contributed by atoms with Crippen molar-refractivity contribution in [2.24, 2.45) is 0 Å². The van der Waals surface area contributed by atoms with Crippen molar-refractivity contribution in [3.05, 3.63) is 0 Å². The Labute approximate surface area is 106 Å². The smallest absolute Gasteiger partial charge is 0.281 e. The summed E-state index contributed by atoms with van der Waals surface area (Å²) >= 11 is 0. The summed E-state index contributed by atoms with van der Waals surface area (Å²) in [5.74, 6) is 0. The van der Waals surface area contributed by atoms with Gasteiger partial charge in [-0.25, -0.2) is 0 Å². The number of hydrogen-bond acceptors (Lipinski definition) is 3. The van der Waals surface area contributed by atoms with Crippen molar-refractivity contribution in [1.29, 1.82) is 0 Å². The van der Waals surface area contributed by atoms with Gasteiger partial charge < -0.3 is 5.32 Å². The van der Waals surface area contributed by atoms with Crippen LogP contribution in [0, 0.1) is 0 Å². The van der Waals surface area contributed by atoms with Crippen molar-refractivity contribution >= 4 is 10.2 Å². The molecule has 0 fully saturated rings. The Balaban J connectivity index is 4.08. The molecule has 0 rings (SSSR count). The lowest BCUT2D eigenvalue weighted by Crippen LogP contribution is -2.43. The molecule has 0 unspecified atom stereocenters. The summed E-state index contributed by atoms with van der Waals surface area (Å²) in [5.41, 5.74) is 0. The van der Waals surface area contributed by atoms with Crippen LogP contribution in [0.4, 0.5) is 0 Å². The highest BCUT2D eigenvalue weighted by Gasteiger charge is 2.24. The number of nitrogens with one attached hydrogen (secondary N) is 1. The quantitative estimate of drug-likeness (QED) is 0.630. The molecule has 0 aliphatic carbocycles. The number of nitrogens with zero attached hydrogens (tertiary/aromatic N) is 2. The van der Waals surface area contributed by atoms with Crippen LogP contribution >= 0.6 is 0 Å². The van der Waals surface area contributed by atoms with Crippen molar-refractivity contribution in [3.63, 3.8) is 0 Å². The number of rotatable bonds is 9. The first-order valence-electron chi connectivity index (χ1n) is 6.24. The van der Waals surface area contributed by atoms with Crippen LogP contribution in [0.15, 0.2) is 0 Å². The fourth-order valence-electron chi connectivity index (χ4n) is 1.33. The molecule has 1 N–H and O–H groups in total. The van der Waals surface area contributed by atoms with E-state index in [1.807, 2.05) is 13.8 Å². The summed E-state index contributed by atoms with van der Waals surface area (Å²) in [7, 11) is -0.0422. The molecule has 0 radical (unpaired) electrons. The van der Waals surface area contributed by atoms with Crippen LogP contribution in [-0.2, 0) is 10.2 Å². The molecule has 0 atom stereocenters. The first-order valence-corrected chi connectivity index (χ1v) is 7.63. The molecular weight excluding hydrogens is 238 g/mol. The molecule has 0 spiro atoms. The van der Waals surface area contributed by atoms with E-state index in [2.05, 4.69) is 12.2 Å². The normalized spacial score (nSPS) is 12.9. The summed E-state index contributed by atoms with van der Waals surface area (Å²) in [6, 6.07) is -0.0133. The summed E-state index contributed by atoms with van der Waals surface area (Å²) in [6.07, 6.45) is 1.94. The zero-order valence-corrected chi connectivity index (χ0v) is 12.5. The van der Waals surface area contributed by atoms with Gasteiger partial charge in [-0.3, -0.25) is 0 Å². The van der Waals surface area contributed by atoms with Gasteiger partial charge in [0.15, 0.2) is 0 Å². The fraction of sp³-hybridized carbons (Fsp3) is 1.00. The van der Waals surface area contributed by atoms with Gasteiger partial charge in [-0.2, -0.15) is 17.0 Å². The third-order valence-corrected chi connectivity index (χ3v) is 4.86. The van der Waals surface area contributed by atoms with Gasteiger partial charge in [0, 0.05) is 26.7 Å². The maximum atomic E-state index is 12.0. The molecule has 5 nitrogen and oxygen atoms in total. The molecule has 17 heavy (non-hydrogen) atoms. The average Bonchev–Trinajstić information content (AvgIpc) is 2.27. The lowest BCUT2D eigenvalue weighted by atomic mass is 10.4. The monoisotopic (exact) mass is 265 g/mol. The highest BCUT2D eigenvalue weighted by molar-refractivity contribution is 7.86. The van der Waals surface area contributed by atoms with E-state index in [0.717, 1.165) is 25.9 Å². The molecule has 0 aliphatic heterocycles. The maximum absolute atomic E-state index is 12.0. The second kappa shape index (κ2) is 8.02. The van der Waals surface area contributed by atoms with Crippen molar-refractivity contribution in [2.45, 2.75) is 39.7 Å². The third kappa shape index (κ3) is 5.81. The summed E-state index contributed by atoms with van der Waals surface area (Å²) in [5, 5.41) is 3.26. The predicted octanol–water partition coefficient (Wildman–Crippen LogP) is 0.893. The van der Waals surface area contributed by atoms with Crippen molar-refractivity contribution in [3.8, 4) is 0 Å². The topological polar surface area (TPSA) is 52.7 Å². The molecule has 0 amide bonds. The lowest BCUT2D eigenvalue weighted by Gasteiger charge is -2.27. The van der Waals surface area contributed by atoms with Crippen LogP contribution in [0.1, 0.15) is 33.6 Å². The van der Waals surface area contributed by atoms with Crippen molar-refractivity contribution in [1.82, 2.24) is 13.9 Å². The molecule has 0 aliphatic rings. The van der Waals surface area contributed by atoms with Crippen LogP contribution in [0.25, 0.3) is 0 Å². The maximum Gasteiger partial charge on any atom is 0.281 e. The van der Waals surface area contributed by atoms with Gasteiger partial charge in [-0.05, 0) is 39.8 Å². The number of hydrogen-bond donors (Lipinski definition) is 1. The van der Waals surface area contributed by atoms with Gasteiger partial charge >= 0.3 is 0 Å². The lowest BCUT2D eigenvalue weighted by molar-refractivity contribution is 0.355. The Morgan fingerprint density at radius 2 is 1.76 bits per heavy atom. The Morgan fingerprint density at radius 3 is 2.24 bits per heavy atom. The van der Waals surface area contributed by atoms with Gasteiger partial charge in [0.1, 0.15) is 0 Å². The van der Waals surface area contributed by atoms with E-state index < -0.39 is 10.2 Å². The average molecular weight is 265 g/mol. The molecule has 0 heterocycles. The van der Waals surface area contributed by atoms with E-state index in [1.54, 1.807) is 14.1 Å². The minimum absolute atomic E-state index is 0.0133. The van der Waals surface area contributed by atoms with Crippen LogP contribution in [-0.4, -0.2) is 56.8 Å². The summed E-state index contributed by atoms with van der Waals surface area (Å²) < 4.78 is 26.9. The van der Waals surface area contributed by atoms with Crippen LogP contribution < -0.4 is 5.32 Å². The SMILES string of the molecule is CCCNCCCN(C)S(=O)(=O)N(C)C(C)C. The van der Waals surface area contributed by atoms with Gasteiger partial charge in [-0.1, -0.05) is 6.92 Å². The van der Waals surface area contributed by atoms with Gasteiger partial charge in [0.25, 0.3) is 10.2 Å². The van der Waals surface area contributed by atoms with Crippen LogP contribution in [0.2, 0.25) is 0 Å². The Hall–Kier alpha value is -0.170. The van der Waals surface area contributed by atoms with E-state index in [1.165, 1.54) is 8.61 Å². The predicted molar refractivity (Wildman–Crippen MR) is 72.2 cm³/mol. The molecule has 0 saturated carbocycles. The summed E-state index contributed by atoms with van der Waals surface area (Å²) in [4.78, 5) is 0. The second-order valence-electron chi connectivity index (χ2n) is 4.54. The largest absolute Gasteiger partial charge is 0.317 e. The first kappa shape index (κ1) is 16.8. The third-order valence-electron chi connectivity index (χ3n) is 2.74. The Morgan fingerprint density at radius 1 is 1.18 bits per heavy atom. The van der Waals surface area contributed by atoms with E-state index >= 15 is 0 Å². The van der Waals surface area contributed by atoms with E-state index in [4.69, 9.17) is 0 Å². The first-order chi connectivity index (χ1) is 7.84. The van der Waals surface area contributed by atoms with Crippen molar-refractivity contribution < 1.29 is 8.42 Å². The highest BCUT2D eigenvalue weighted by atomic mass is 32.2. The molecule has 0 aromatic carbocycles. The fourth-order valence-corrected chi connectivity index (χ4v) is 2.66. The zero-order chi connectivity index (χ0) is 13.5. The summed E-state index contributed by atoms with van der Waals surface area (Å²) in [6.45, 7) is 8.25. The van der Waals surface area contributed by atoms with E-state index in [0.29, 0.717) is 6.54 Å². The Kier molecular flexibility index (Phi) is 7.94. The van der Waals surface area contributed by atoms with E-state index in [-0.39, 0.29) is 6.04 Å². The highest BCUT2D eigenvalue weighted by Crippen LogP contribution is 2.08. The minimum Gasteiger partial charge on any atom is -0.317 e. The van der Waals surface area contributed by atoms with Gasteiger partial charge in [0.2, 0.25) is 0 Å². The van der Waals surface area contributed by atoms with Gasteiger partial charge in [-0.15, -0.1) is 0 Å². The molecule has 0 aromatic rings. The van der Waals surface area contributed by atoms with Crippen LogP contribution in [0.3, 0.4) is 0 Å². The second-order valence-corrected chi connectivity index (χ2v) is 6.64. The van der Waals surface area contributed by atoms with Crippen LogP contribution in [0.5, 0.6) is 0 Å². The van der Waals surface area contributed by atoms with Crippen molar-refractivity contribution in [2.75, 3.05) is 33.7 Å². The molecule has 104 valence electrons.